The Kier molecular flexibility index (Phi) is 6.77. The summed E-state index contributed by atoms with van der Waals surface area (Å²) in [4.78, 5) is 30.0. The third kappa shape index (κ3) is 4.85. The van der Waals surface area contributed by atoms with E-state index in [0.717, 1.165) is 28.4 Å². The van der Waals surface area contributed by atoms with Gasteiger partial charge in [0.05, 0.1) is 18.4 Å². The lowest BCUT2D eigenvalue weighted by Crippen LogP contribution is -2.50. The van der Waals surface area contributed by atoms with Gasteiger partial charge in [-0.15, -0.1) is 0 Å². The first-order chi connectivity index (χ1) is 18.0. The van der Waals surface area contributed by atoms with Crippen LogP contribution in [0.25, 0.3) is 16.9 Å². The zero-order chi connectivity index (χ0) is 25.9. The number of ether oxygens (including phenoxy) is 1. The van der Waals surface area contributed by atoms with Gasteiger partial charge in [0.25, 0.3) is 11.8 Å². The second kappa shape index (κ2) is 10.3. The van der Waals surface area contributed by atoms with Crippen LogP contribution in [0.15, 0.2) is 84.9 Å². The molecule has 1 aliphatic rings. The smallest absolute Gasteiger partial charge is 0.255 e. The van der Waals surface area contributed by atoms with Gasteiger partial charge in [-0.3, -0.25) is 9.59 Å². The maximum atomic E-state index is 13.7. The van der Waals surface area contributed by atoms with Crippen molar-refractivity contribution in [1.82, 2.24) is 14.4 Å². The summed E-state index contributed by atoms with van der Waals surface area (Å²) < 4.78 is 20.8. The van der Waals surface area contributed by atoms with Crippen LogP contribution in [0.1, 0.15) is 26.4 Å². The molecule has 7 heteroatoms. The average Bonchev–Trinajstić information content (AvgIpc) is 3.30. The first-order valence-corrected chi connectivity index (χ1v) is 12.2. The fourth-order valence-corrected chi connectivity index (χ4v) is 4.79. The molecule has 5 rings (SSSR count). The van der Waals surface area contributed by atoms with Crippen molar-refractivity contribution in [3.63, 3.8) is 0 Å². The minimum Gasteiger partial charge on any atom is -0.497 e. The Balaban J connectivity index is 1.41. The van der Waals surface area contributed by atoms with Crippen LogP contribution in [0, 0.1) is 12.7 Å². The Bertz CT molecular complexity index is 1420. The van der Waals surface area contributed by atoms with E-state index < -0.39 is 0 Å². The molecule has 0 N–H and O–H groups in total. The summed E-state index contributed by atoms with van der Waals surface area (Å²) in [6.07, 6.45) is 0. The van der Waals surface area contributed by atoms with Gasteiger partial charge in [-0.05, 0) is 61.5 Å². The molecule has 1 aliphatic heterocycles. The van der Waals surface area contributed by atoms with Gasteiger partial charge >= 0.3 is 0 Å². The fraction of sp³-hybridized carbons (Fsp3) is 0.200. The first-order valence-electron chi connectivity index (χ1n) is 12.2. The molecule has 0 spiro atoms. The van der Waals surface area contributed by atoms with Crippen molar-refractivity contribution in [3.8, 4) is 22.7 Å². The largest absolute Gasteiger partial charge is 0.497 e. The molecule has 2 amide bonds. The number of methoxy groups -OCH3 is 1. The molecule has 1 fully saturated rings. The van der Waals surface area contributed by atoms with E-state index in [-0.39, 0.29) is 17.6 Å². The molecule has 37 heavy (non-hydrogen) atoms. The van der Waals surface area contributed by atoms with Gasteiger partial charge in [-0.25, -0.2) is 4.39 Å². The zero-order valence-corrected chi connectivity index (χ0v) is 20.9. The van der Waals surface area contributed by atoms with E-state index in [1.807, 2.05) is 67.6 Å². The van der Waals surface area contributed by atoms with Crippen LogP contribution < -0.4 is 4.74 Å². The van der Waals surface area contributed by atoms with Crippen LogP contribution in [0.4, 0.5) is 4.39 Å². The van der Waals surface area contributed by atoms with Gasteiger partial charge in [0.2, 0.25) is 0 Å². The third-order valence-corrected chi connectivity index (χ3v) is 6.80. The highest BCUT2D eigenvalue weighted by Crippen LogP contribution is 2.32. The van der Waals surface area contributed by atoms with Crippen LogP contribution in [-0.2, 0) is 0 Å². The van der Waals surface area contributed by atoms with Gasteiger partial charge < -0.3 is 19.1 Å². The lowest BCUT2D eigenvalue weighted by atomic mass is 10.1. The number of rotatable bonds is 5. The van der Waals surface area contributed by atoms with Gasteiger partial charge in [0, 0.05) is 48.7 Å². The lowest BCUT2D eigenvalue weighted by Gasteiger charge is -2.34. The van der Waals surface area contributed by atoms with E-state index in [9.17, 15) is 14.0 Å². The standard InChI is InChI=1S/C30H28FN3O3/c1-21-27(30(36)33-17-15-32(16-18-33)29(35)22-11-13-24(31)14-12-22)20-28(23-7-6-10-26(19-23)37-2)34(21)25-8-4-3-5-9-25/h3-14,19-20H,15-18H2,1-2H3. The van der Waals surface area contributed by atoms with Crippen LogP contribution in [0.2, 0.25) is 0 Å². The number of piperazine rings is 1. The summed E-state index contributed by atoms with van der Waals surface area (Å²) >= 11 is 0. The average molecular weight is 498 g/mol. The molecule has 3 aromatic carbocycles. The Morgan fingerprint density at radius 3 is 2.08 bits per heavy atom. The predicted molar refractivity (Wildman–Crippen MR) is 141 cm³/mol. The number of hydrogen-bond acceptors (Lipinski definition) is 3. The van der Waals surface area contributed by atoms with Crippen molar-refractivity contribution in [2.75, 3.05) is 33.3 Å². The minimum absolute atomic E-state index is 0.0646. The number of carbonyl (C=O) groups excluding carboxylic acids is 2. The second-order valence-electron chi connectivity index (χ2n) is 9.02. The highest BCUT2D eigenvalue weighted by molar-refractivity contribution is 5.98. The molecule has 0 unspecified atom stereocenters. The summed E-state index contributed by atoms with van der Waals surface area (Å²) in [6.45, 7) is 3.65. The van der Waals surface area contributed by atoms with Crippen LogP contribution >= 0.6 is 0 Å². The van der Waals surface area contributed by atoms with E-state index in [0.29, 0.717) is 37.3 Å². The summed E-state index contributed by atoms with van der Waals surface area (Å²) in [5, 5.41) is 0. The van der Waals surface area contributed by atoms with Gasteiger partial charge in [-0.2, -0.15) is 0 Å². The molecular formula is C30H28FN3O3. The van der Waals surface area contributed by atoms with Gasteiger partial charge in [-0.1, -0.05) is 30.3 Å². The van der Waals surface area contributed by atoms with Gasteiger partial charge in [0.1, 0.15) is 11.6 Å². The van der Waals surface area contributed by atoms with Crippen molar-refractivity contribution >= 4 is 11.8 Å². The van der Waals surface area contributed by atoms with E-state index >= 15 is 0 Å². The lowest BCUT2D eigenvalue weighted by molar-refractivity contribution is 0.0535. The topological polar surface area (TPSA) is 54.8 Å². The predicted octanol–water partition coefficient (Wildman–Crippen LogP) is 5.20. The molecule has 0 atom stereocenters. The normalized spacial score (nSPS) is 13.5. The van der Waals surface area contributed by atoms with Crippen molar-refractivity contribution < 1.29 is 18.7 Å². The number of carbonyl (C=O) groups is 2. The molecule has 0 saturated carbocycles. The Hall–Kier alpha value is -4.39. The molecule has 4 aromatic rings. The summed E-state index contributed by atoms with van der Waals surface area (Å²) in [5.74, 6) is 0.146. The maximum absolute atomic E-state index is 13.7. The van der Waals surface area contributed by atoms with E-state index in [4.69, 9.17) is 4.74 Å². The molecule has 188 valence electrons. The third-order valence-electron chi connectivity index (χ3n) is 6.80. The van der Waals surface area contributed by atoms with Crippen LogP contribution in [-0.4, -0.2) is 59.5 Å². The van der Waals surface area contributed by atoms with Crippen LogP contribution in [0.5, 0.6) is 5.75 Å². The van der Waals surface area contributed by atoms with Crippen molar-refractivity contribution in [1.29, 1.82) is 0 Å². The highest BCUT2D eigenvalue weighted by atomic mass is 19.1. The molecule has 0 bridgehead atoms. The number of amides is 2. The monoisotopic (exact) mass is 497 g/mol. The first kappa shape index (κ1) is 24.3. The van der Waals surface area contributed by atoms with Crippen molar-refractivity contribution in [2.45, 2.75) is 6.92 Å². The van der Waals surface area contributed by atoms with Gasteiger partial charge in [0.15, 0.2) is 0 Å². The number of halogens is 1. The number of nitrogens with zero attached hydrogens (tertiary/aromatic N) is 3. The zero-order valence-electron chi connectivity index (χ0n) is 20.9. The molecular weight excluding hydrogens is 469 g/mol. The van der Waals surface area contributed by atoms with Crippen LogP contribution in [0.3, 0.4) is 0 Å². The summed E-state index contributed by atoms with van der Waals surface area (Å²) in [6, 6.07) is 25.2. The quantitative estimate of drug-likeness (QED) is 0.381. The summed E-state index contributed by atoms with van der Waals surface area (Å²) in [7, 11) is 1.63. The molecule has 1 aromatic heterocycles. The number of hydrogen-bond donors (Lipinski definition) is 0. The van der Waals surface area contributed by atoms with E-state index in [1.54, 1.807) is 16.9 Å². The minimum atomic E-state index is -0.377. The van der Waals surface area contributed by atoms with E-state index in [2.05, 4.69) is 4.57 Å². The molecule has 1 saturated heterocycles. The molecule has 2 heterocycles. The van der Waals surface area contributed by atoms with Crippen molar-refractivity contribution in [3.05, 3.63) is 108 Å². The Labute approximate surface area is 215 Å². The number of para-hydroxylation sites is 1. The number of benzene rings is 3. The Morgan fingerprint density at radius 2 is 1.43 bits per heavy atom. The Morgan fingerprint density at radius 1 is 0.784 bits per heavy atom. The maximum Gasteiger partial charge on any atom is 0.255 e. The second-order valence-corrected chi connectivity index (χ2v) is 9.02. The molecule has 0 radical (unpaired) electrons. The van der Waals surface area contributed by atoms with E-state index in [1.165, 1.54) is 24.3 Å². The van der Waals surface area contributed by atoms with Crippen molar-refractivity contribution in [2.24, 2.45) is 0 Å². The SMILES string of the molecule is COc1cccc(-c2cc(C(=O)N3CCN(C(=O)c4ccc(F)cc4)CC3)c(C)n2-c2ccccc2)c1. The molecule has 0 aliphatic carbocycles. The molecule has 6 nitrogen and oxygen atoms in total. The highest BCUT2D eigenvalue weighted by Gasteiger charge is 2.28. The number of aromatic nitrogens is 1. The summed E-state index contributed by atoms with van der Waals surface area (Å²) in [5.41, 5.74) is 4.72. The fourth-order valence-electron chi connectivity index (χ4n) is 4.79.